The summed E-state index contributed by atoms with van der Waals surface area (Å²) in [7, 11) is 0. The van der Waals surface area contributed by atoms with Crippen molar-refractivity contribution in [1.29, 1.82) is 0 Å². The fourth-order valence-electron chi connectivity index (χ4n) is 0.415. The molecule has 1 atom stereocenters. The molecule has 11 heavy (non-hydrogen) atoms. The van der Waals surface area contributed by atoms with Crippen LogP contribution in [-0.2, 0) is 4.74 Å². The largest absolute Gasteiger partial charge is 0.482 e. The first-order valence-electron chi connectivity index (χ1n) is 2.85. The van der Waals surface area contributed by atoms with Crippen LogP contribution in [-0.4, -0.2) is 26.5 Å². The van der Waals surface area contributed by atoms with E-state index in [-0.39, 0.29) is 5.05 Å². The molecule has 0 aromatic carbocycles. The number of hydrogen-bond acceptors (Lipinski definition) is 3. The zero-order chi connectivity index (χ0) is 8.48. The maximum atomic E-state index is 5.45. The molecule has 1 saturated heterocycles. The van der Waals surface area contributed by atoms with Gasteiger partial charge in [0.1, 0.15) is 6.61 Å². The van der Waals surface area contributed by atoms with Gasteiger partial charge in [-0.3, -0.25) is 0 Å². The maximum Gasteiger partial charge on any atom is 0.258 e. The van der Waals surface area contributed by atoms with E-state index in [0.29, 0.717) is 11.9 Å². The fraction of sp³-hybridized carbons (Fsp3) is 0.800. The second-order valence-electron chi connectivity index (χ2n) is 2.05. The van der Waals surface area contributed by atoms with Gasteiger partial charge in [0.25, 0.3) is 3.79 Å². The summed E-state index contributed by atoms with van der Waals surface area (Å²) in [6.45, 7) is 0.553. The highest BCUT2D eigenvalue weighted by molar-refractivity contribution is 8.06. The van der Waals surface area contributed by atoms with E-state index >= 15 is 0 Å². The Balaban J connectivity index is 2.19. The Labute approximate surface area is 89.7 Å². The van der Waals surface area contributed by atoms with E-state index in [9.17, 15) is 0 Å². The zero-order valence-corrected chi connectivity index (χ0v) is 9.25. The van der Waals surface area contributed by atoms with E-state index in [1.807, 2.05) is 11.8 Å². The summed E-state index contributed by atoms with van der Waals surface area (Å²) in [5.74, 6) is 1.11. The summed E-state index contributed by atoms with van der Waals surface area (Å²) >= 11 is 22.9. The summed E-state index contributed by atoms with van der Waals surface area (Å²) in [6, 6.07) is 0. The molecule has 1 nitrogen and oxygen atoms in total. The van der Waals surface area contributed by atoms with Crippen molar-refractivity contribution in [3.05, 3.63) is 0 Å². The molecule has 0 aliphatic carbocycles. The van der Waals surface area contributed by atoms with Crippen molar-refractivity contribution >= 4 is 63.8 Å². The van der Waals surface area contributed by atoms with Gasteiger partial charge in [0, 0.05) is 11.0 Å². The number of halogens is 3. The smallest absolute Gasteiger partial charge is 0.258 e. The number of thioether (sulfide) groups is 1. The summed E-state index contributed by atoms with van der Waals surface area (Å²) in [5, 5.41) is 0.579. The van der Waals surface area contributed by atoms with Gasteiger partial charge in [-0.1, -0.05) is 34.8 Å². The number of alkyl halides is 3. The number of thiocarbonyl (C=S) groups is 1. The lowest BCUT2D eigenvalue weighted by atomic mass is 10.5. The van der Waals surface area contributed by atoms with Crippen LogP contribution in [0, 0.1) is 0 Å². The lowest BCUT2D eigenvalue weighted by molar-refractivity contribution is 0.320. The highest BCUT2D eigenvalue weighted by Gasteiger charge is 2.31. The molecule has 6 heteroatoms. The third kappa shape index (κ3) is 4.04. The van der Waals surface area contributed by atoms with Crippen LogP contribution in [0.2, 0.25) is 0 Å². The van der Waals surface area contributed by atoms with Crippen molar-refractivity contribution in [1.82, 2.24) is 0 Å². The van der Waals surface area contributed by atoms with Gasteiger partial charge in [0.15, 0.2) is 0 Å². The molecule has 1 fully saturated rings. The molecule has 64 valence electrons. The lowest BCUT2D eigenvalue weighted by Crippen LogP contribution is -2.21. The zero-order valence-electron chi connectivity index (χ0n) is 5.35. The monoisotopic (exact) mass is 250 g/mol. The SMILES string of the molecule is S=C(OC[C@H]1CS1)C(Cl)(Cl)Cl. The Bertz CT molecular complexity index is 164. The van der Waals surface area contributed by atoms with Gasteiger partial charge >= 0.3 is 0 Å². The van der Waals surface area contributed by atoms with Gasteiger partial charge in [0.2, 0.25) is 5.05 Å². The van der Waals surface area contributed by atoms with Gasteiger partial charge in [-0.15, -0.1) is 0 Å². The average Bonchev–Trinajstić information content (AvgIpc) is 2.62. The van der Waals surface area contributed by atoms with Crippen molar-refractivity contribution in [2.45, 2.75) is 9.04 Å². The lowest BCUT2D eigenvalue weighted by Gasteiger charge is -2.12. The molecule has 0 unspecified atom stereocenters. The van der Waals surface area contributed by atoms with Crippen LogP contribution in [0.15, 0.2) is 0 Å². The van der Waals surface area contributed by atoms with Crippen molar-refractivity contribution in [2.24, 2.45) is 0 Å². The number of ether oxygens (including phenoxy) is 1. The molecule has 0 bridgehead atoms. The molecule has 1 aliphatic heterocycles. The normalized spacial score (nSPS) is 23.0. The Kier molecular flexibility index (Phi) is 3.59. The van der Waals surface area contributed by atoms with Crippen LogP contribution in [0.4, 0.5) is 0 Å². The molecule has 0 N–H and O–H groups in total. The van der Waals surface area contributed by atoms with Crippen LogP contribution < -0.4 is 0 Å². The van der Waals surface area contributed by atoms with Crippen LogP contribution in [0.3, 0.4) is 0 Å². The van der Waals surface area contributed by atoms with E-state index < -0.39 is 3.79 Å². The van der Waals surface area contributed by atoms with Gasteiger partial charge in [-0.05, 0) is 12.2 Å². The third-order valence-corrected chi connectivity index (χ3v) is 3.25. The standard InChI is InChI=1S/C5H5Cl3OS2/c6-5(7,8)4(10)9-1-3-2-11-3/h3H,1-2H2/t3-/m0/s1. The van der Waals surface area contributed by atoms with Crippen molar-refractivity contribution in [3.63, 3.8) is 0 Å². The van der Waals surface area contributed by atoms with Crippen molar-refractivity contribution in [3.8, 4) is 0 Å². The first kappa shape index (κ1) is 10.2. The number of hydrogen-bond donors (Lipinski definition) is 0. The molecule has 1 heterocycles. The number of rotatable bonds is 2. The molecule has 1 rings (SSSR count). The van der Waals surface area contributed by atoms with Gasteiger partial charge in [-0.25, -0.2) is 0 Å². The predicted octanol–water partition coefficient (Wildman–Crippen LogP) is 2.82. The Morgan fingerprint density at radius 1 is 1.64 bits per heavy atom. The summed E-state index contributed by atoms with van der Waals surface area (Å²) in [4.78, 5) is 0. The minimum absolute atomic E-state index is 0.0370. The molecule has 0 spiro atoms. The molecule has 0 radical (unpaired) electrons. The van der Waals surface area contributed by atoms with E-state index in [2.05, 4.69) is 0 Å². The molecule has 0 aromatic heterocycles. The fourth-order valence-corrected chi connectivity index (χ4v) is 1.04. The molecule has 0 aromatic rings. The van der Waals surface area contributed by atoms with Crippen molar-refractivity contribution in [2.75, 3.05) is 12.4 Å². The van der Waals surface area contributed by atoms with E-state index in [1.54, 1.807) is 0 Å². The molecule has 0 amide bonds. The van der Waals surface area contributed by atoms with Gasteiger partial charge < -0.3 is 4.74 Å². The predicted molar refractivity (Wildman–Crippen MR) is 55.1 cm³/mol. The minimum Gasteiger partial charge on any atom is -0.482 e. The topological polar surface area (TPSA) is 9.23 Å². The minimum atomic E-state index is -1.56. The second kappa shape index (κ2) is 3.88. The second-order valence-corrected chi connectivity index (χ2v) is 6.04. The van der Waals surface area contributed by atoms with E-state index in [4.69, 9.17) is 51.8 Å². The molecular formula is C5H5Cl3OS2. The highest BCUT2D eigenvalue weighted by Crippen LogP contribution is 2.33. The van der Waals surface area contributed by atoms with Crippen LogP contribution in [0.25, 0.3) is 0 Å². The summed E-state index contributed by atoms with van der Waals surface area (Å²) < 4.78 is 3.48. The van der Waals surface area contributed by atoms with Crippen molar-refractivity contribution < 1.29 is 4.74 Å². The van der Waals surface area contributed by atoms with E-state index in [0.717, 1.165) is 5.75 Å². The first-order valence-corrected chi connectivity index (χ1v) is 5.45. The molecule has 0 saturated carbocycles. The van der Waals surface area contributed by atoms with Gasteiger partial charge in [-0.2, -0.15) is 11.8 Å². The quantitative estimate of drug-likeness (QED) is 0.424. The summed E-state index contributed by atoms with van der Waals surface area (Å²) in [6.07, 6.45) is 0. The van der Waals surface area contributed by atoms with Gasteiger partial charge in [0.05, 0.1) is 0 Å². The Morgan fingerprint density at radius 2 is 2.18 bits per heavy atom. The molecular weight excluding hydrogens is 247 g/mol. The van der Waals surface area contributed by atoms with E-state index in [1.165, 1.54) is 0 Å². The average molecular weight is 252 g/mol. The first-order chi connectivity index (χ1) is 5.00. The highest BCUT2D eigenvalue weighted by atomic mass is 35.6. The Hall–Kier alpha value is 1.11. The molecule has 1 aliphatic rings. The maximum absolute atomic E-state index is 5.45. The Morgan fingerprint density at radius 3 is 2.55 bits per heavy atom. The third-order valence-electron chi connectivity index (χ3n) is 1.03. The summed E-state index contributed by atoms with van der Waals surface area (Å²) in [5.41, 5.74) is 0. The van der Waals surface area contributed by atoms with Crippen LogP contribution in [0.1, 0.15) is 0 Å². The van der Waals surface area contributed by atoms with Crippen LogP contribution in [0.5, 0.6) is 0 Å². The van der Waals surface area contributed by atoms with Crippen LogP contribution >= 0.6 is 58.8 Å².